The molecule has 7 heteroatoms. The summed E-state index contributed by atoms with van der Waals surface area (Å²) in [5.74, 6) is 0.0951. The highest BCUT2D eigenvalue weighted by Crippen LogP contribution is 2.14. The van der Waals surface area contributed by atoms with Gasteiger partial charge in [0, 0.05) is 16.5 Å². The number of rotatable bonds is 5. The van der Waals surface area contributed by atoms with Gasteiger partial charge >= 0.3 is 0 Å². The van der Waals surface area contributed by atoms with Crippen molar-refractivity contribution in [2.24, 2.45) is 5.41 Å². The predicted molar refractivity (Wildman–Crippen MR) is 93.9 cm³/mol. The first-order valence-electron chi connectivity index (χ1n) is 7.60. The Morgan fingerprint density at radius 2 is 1.83 bits per heavy atom. The van der Waals surface area contributed by atoms with E-state index >= 15 is 0 Å². The van der Waals surface area contributed by atoms with E-state index in [1.165, 1.54) is 0 Å². The number of aromatic nitrogens is 2. The molecule has 2 N–H and O–H groups in total. The molecule has 0 saturated carbocycles. The van der Waals surface area contributed by atoms with Crippen LogP contribution >= 0.6 is 11.6 Å². The summed E-state index contributed by atoms with van der Waals surface area (Å²) in [6.07, 6.45) is 1.61. The molecule has 0 unspecified atom stereocenters. The molecule has 0 aliphatic carbocycles. The molecule has 0 spiro atoms. The topological polar surface area (TPSA) is 76.0 Å². The van der Waals surface area contributed by atoms with E-state index in [-0.39, 0.29) is 18.4 Å². The Labute approximate surface area is 146 Å². The van der Waals surface area contributed by atoms with E-state index in [4.69, 9.17) is 11.6 Å². The number of hydrogen-bond donors (Lipinski definition) is 2. The van der Waals surface area contributed by atoms with Gasteiger partial charge in [-0.1, -0.05) is 44.5 Å². The van der Waals surface area contributed by atoms with E-state index in [9.17, 15) is 9.59 Å². The van der Waals surface area contributed by atoms with E-state index < -0.39 is 5.41 Å². The summed E-state index contributed by atoms with van der Waals surface area (Å²) in [6, 6.07) is 9.12. The zero-order chi connectivity index (χ0) is 17.7. The number of carbonyl (C=O) groups excluding carboxylic acids is 2. The number of halogens is 1. The van der Waals surface area contributed by atoms with Crippen molar-refractivity contribution >= 4 is 29.2 Å². The SMILES string of the molecule is CC(C)(C)C(=O)NCC(=O)Nc1ccnn1Cc1ccc(Cl)cc1. The molecule has 1 aromatic carbocycles. The summed E-state index contributed by atoms with van der Waals surface area (Å²) in [5.41, 5.74) is 0.482. The second kappa shape index (κ2) is 7.49. The Hall–Kier alpha value is -2.34. The van der Waals surface area contributed by atoms with Crippen LogP contribution in [0.1, 0.15) is 26.3 Å². The lowest BCUT2D eigenvalue weighted by molar-refractivity contribution is -0.130. The van der Waals surface area contributed by atoms with Gasteiger partial charge in [0.1, 0.15) is 5.82 Å². The van der Waals surface area contributed by atoms with Gasteiger partial charge in [-0.25, -0.2) is 4.68 Å². The first-order chi connectivity index (χ1) is 11.3. The largest absolute Gasteiger partial charge is 0.347 e. The number of hydrogen-bond acceptors (Lipinski definition) is 3. The standard InChI is InChI=1S/C17H21ClN4O2/c1-17(2,3)16(24)19-10-15(23)21-14-8-9-20-22(14)11-12-4-6-13(18)7-5-12/h4-9H,10-11H2,1-3H3,(H,19,24)(H,21,23). The minimum absolute atomic E-state index is 0.0811. The van der Waals surface area contributed by atoms with E-state index in [1.54, 1.807) is 49.8 Å². The fourth-order valence-electron chi connectivity index (χ4n) is 1.94. The number of benzene rings is 1. The average molecular weight is 349 g/mol. The van der Waals surface area contributed by atoms with Gasteiger partial charge in [-0.3, -0.25) is 9.59 Å². The average Bonchev–Trinajstić information content (AvgIpc) is 2.93. The molecule has 1 aromatic heterocycles. The van der Waals surface area contributed by atoms with E-state index in [1.807, 2.05) is 12.1 Å². The maximum atomic E-state index is 12.0. The Morgan fingerprint density at radius 1 is 1.17 bits per heavy atom. The van der Waals surface area contributed by atoms with Gasteiger partial charge in [-0.2, -0.15) is 5.10 Å². The van der Waals surface area contributed by atoms with Crippen molar-refractivity contribution in [3.05, 3.63) is 47.1 Å². The third-order valence-corrected chi connectivity index (χ3v) is 3.57. The molecule has 6 nitrogen and oxygen atoms in total. The molecule has 2 aromatic rings. The summed E-state index contributed by atoms with van der Waals surface area (Å²) >= 11 is 5.87. The molecule has 0 atom stereocenters. The molecule has 0 saturated heterocycles. The zero-order valence-electron chi connectivity index (χ0n) is 14.0. The van der Waals surface area contributed by atoms with Crippen molar-refractivity contribution in [2.75, 3.05) is 11.9 Å². The van der Waals surface area contributed by atoms with Crippen molar-refractivity contribution in [3.8, 4) is 0 Å². The van der Waals surface area contributed by atoms with Crippen LogP contribution in [0.4, 0.5) is 5.82 Å². The molecular weight excluding hydrogens is 328 g/mol. The first-order valence-corrected chi connectivity index (χ1v) is 7.98. The summed E-state index contributed by atoms with van der Waals surface area (Å²) in [7, 11) is 0. The molecule has 0 aliphatic heterocycles. The normalized spacial score (nSPS) is 11.2. The molecule has 1 heterocycles. The number of anilines is 1. The Morgan fingerprint density at radius 3 is 2.46 bits per heavy atom. The molecule has 0 radical (unpaired) electrons. The highest BCUT2D eigenvalue weighted by atomic mass is 35.5. The molecule has 0 bridgehead atoms. The minimum Gasteiger partial charge on any atom is -0.347 e. The highest BCUT2D eigenvalue weighted by Gasteiger charge is 2.21. The quantitative estimate of drug-likeness (QED) is 0.872. The van der Waals surface area contributed by atoms with Gasteiger partial charge in [-0.05, 0) is 17.7 Å². The maximum absolute atomic E-state index is 12.0. The van der Waals surface area contributed by atoms with Crippen molar-refractivity contribution in [1.29, 1.82) is 0 Å². The third-order valence-electron chi connectivity index (χ3n) is 3.32. The van der Waals surface area contributed by atoms with Gasteiger partial charge in [-0.15, -0.1) is 0 Å². The molecule has 0 aliphatic rings. The summed E-state index contributed by atoms with van der Waals surface area (Å²) in [5, 5.41) is 10.2. The lowest BCUT2D eigenvalue weighted by atomic mass is 9.96. The number of carbonyl (C=O) groups is 2. The predicted octanol–water partition coefficient (Wildman–Crippen LogP) is 2.69. The first kappa shape index (κ1) is 18.0. The van der Waals surface area contributed by atoms with Crippen LogP contribution in [0, 0.1) is 5.41 Å². The van der Waals surface area contributed by atoms with Crippen molar-refractivity contribution in [2.45, 2.75) is 27.3 Å². The van der Waals surface area contributed by atoms with Crippen LogP contribution in [0.2, 0.25) is 5.02 Å². The smallest absolute Gasteiger partial charge is 0.244 e. The van der Waals surface area contributed by atoms with Gasteiger partial charge in [0.05, 0.1) is 19.3 Å². The molecule has 128 valence electrons. The van der Waals surface area contributed by atoms with Gasteiger partial charge in [0.25, 0.3) is 0 Å². The van der Waals surface area contributed by atoms with Crippen LogP contribution in [0.15, 0.2) is 36.5 Å². The molecule has 24 heavy (non-hydrogen) atoms. The van der Waals surface area contributed by atoms with Crippen LogP contribution in [-0.2, 0) is 16.1 Å². The minimum atomic E-state index is -0.531. The third kappa shape index (κ3) is 5.09. The summed E-state index contributed by atoms with van der Waals surface area (Å²) in [4.78, 5) is 23.8. The number of nitrogens with zero attached hydrogens (tertiary/aromatic N) is 2. The molecular formula is C17H21ClN4O2. The summed E-state index contributed by atoms with van der Waals surface area (Å²) < 4.78 is 1.67. The van der Waals surface area contributed by atoms with Crippen LogP contribution in [0.5, 0.6) is 0 Å². The van der Waals surface area contributed by atoms with Crippen LogP contribution in [0.3, 0.4) is 0 Å². The van der Waals surface area contributed by atoms with E-state index in [0.717, 1.165) is 5.56 Å². The molecule has 2 rings (SSSR count). The maximum Gasteiger partial charge on any atom is 0.244 e. The number of amides is 2. The second-order valence-electron chi connectivity index (χ2n) is 6.48. The Kier molecular flexibility index (Phi) is 5.62. The van der Waals surface area contributed by atoms with Crippen molar-refractivity contribution in [3.63, 3.8) is 0 Å². The van der Waals surface area contributed by atoms with Gasteiger partial charge in [0.2, 0.25) is 11.8 Å². The lowest BCUT2D eigenvalue weighted by Crippen LogP contribution is -2.39. The van der Waals surface area contributed by atoms with Gasteiger partial charge in [0.15, 0.2) is 0 Å². The van der Waals surface area contributed by atoms with Gasteiger partial charge < -0.3 is 10.6 Å². The monoisotopic (exact) mass is 348 g/mol. The van der Waals surface area contributed by atoms with Crippen LogP contribution in [-0.4, -0.2) is 28.1 Å². The van der Waals surface area contributed by atoms with Crippen molar-refractivity contribution < 1.29 is 9.59 Å². The number of nitrogens with one attached hydrogen (secondary N) is 2. The fourth-order valence-corrected chi connectivity index (χ4v) is 2.07. The molecule has 2 amide bonds. The Bertz CT molecular complexity index is 717. The van der Waals surface area contributed by atoms with Crippen molar-refractivity contribution in [1.82, 2.24) is 15.1 Å². The zero-order valence-corrected chi connectivity index (χ0v) is 14.7. The lowest BCUT2D eigenvalue weighted by Gasteiger charge is -2.17. The molecule has 0 fully saturated rings. The van der Waals surface area contributed by atoms with E-state index in [0.29, 0.717) is 17.4 Å². The summed E-state index contributed by atoms with van der Waals surface area (Å²) in [6.45, 7) is 5.81. The van der Waals surface area contributed by atoms with Crippen LogP contribution in [0.25, 0.3) is 0 Å². The Balaban J connectivity index is 1.94. The van der Waals surface area contributed by atoms with Crippen LogP contribution < -0.4 is 10.6 Å². The second-order valence-corrected chi connectivity index (χ2v) is 6.92. The van der Waals surface area contributed by atoms with E-state index in [2.05, 4.69) is 15.7 Å². The fraction of sp³-hybridized carbons (Fsp3) is 0.353. The highest BCUT2D eigenvalue weighted by molar-refractivity contribution is 6.30.